The normalized spacial score (nSPS) is 21.6. The standard InChI is InChI=1S/C19H31NO4/c1-3-5-11-20-19(21)17-9-7-6-8-10-18(16-17)24-15-14-23-13-12-22-4-2/h3,5-6,8,16-17H,4,7,9-15H2,1-2H3,(H,20,21)/b5-3-,8-6-,18-16+. The van der Waals surface area contributed by atoms with Crippen LogP contribution in [-0.4, -0.2) is 45.5 Å². The molecular weight excluding hydrogens is 306 g/mol. The summed E-state index contributed by atoms with van der Waals surface area (Å²) in [5.74, 6) is 0.747. The highest BCUT2D eigenvalue weighted by atomic mass is 16.5. The Labute approximate surface area is 145 Å². The predicted octanol–water partition coefficient (Wildman–Crippen LogP) is 2.99. The van der Waals surface area contributed by atoms with E-state index < -0.39 is 0 Å². The Balaban J connectivity index is 2.39. The molecule has 1 atom stereocenters. The molecule has 0 heterocycles. The predicted molar refractivity (Wildman–Crippen MR) is 95.7 cm³/mol. The first-order valence-electron chi connectivity index (χ1n) is 8.80. The Morgan fingerprint density at radius 2 is 2.04 bits per heavy atom. The molecule has 0 aliphatic heterocycles. The number of allylic oxidation sites excluding steroid dienone is 3. The minimum atomic E-state index is -0.144. The second-order valence-electron chi connectivity index (χ2n) is 5.46. The quantitative estimate of drug-likeness (QED) is 0.465. The number of rotatable bonds is 11. The molecule has 1 amide bonds. The fourth-order valence-corrected chi connectivity index (χ4v) is 2.29. The number of carbonyl (C=O) groups excluding carboxylic acids is 1. The molecule has 5 heteroatoms. The van der Waals surface area contributed by atoms with E-state index in [9.17, 15) is 4.79 Å². The van der Waals surface area contributed by atoms with Gasteiger partial charge in [-0.05, 0) is 32.8 Å². The third kappa shape index (κ3) is 9.53. The van der Waals surface area contributed by atoms with Crippen LogP contribution in [0.4, 0.5) is 0 Å². The number of amides is 1. The maximum atomic E-state index is 12.3. The molecule has 0 aromatic carbocycles. The van der Waals surface area contributed by atoms with Crippen LogP contribution in [0, 0.1) is 5.92 Å². The lowest BCUT2D eigenvalue weighted by Crippen LogP contribution is -2.30. The van der Waals surface area contributed by atoms with E-state index in [0.717, 1.165) is 25.0 Å². The highest BCUT2D eigenvalue weighted by Crippen LogP contribution is 2.18. The van der Waals surface area contributed by atoms with Crippen molar-refractivity contribution in [2.75, 3.05) is 39.6 Å². The van der Waals surface area contributed by atoms with E-state index in [1.54, 1.807) is 0 Å². The van der Waals surface area contributed by atoms with Crippen molar-refractivity contribution in [3.05, 3.63) is 36.1 Å². The molecule has 1 aliphatic carbocycles. The van der Waals surface area contributed by atoms with E-state index in [0.29, 0.717) is 39.6 Å². The van der Waals surface area contributed by atoms with Crippen molar-refractivity contribution in [3.8, 4) is 0 Å². The SMILES string of the molecule is C/C=C\CNC(=O)C1/C=C(/OCCOCCOCC)C/C=C\CC1. The van der Waals surface area contributed by atoms with E-state index in [2.05, 4.69) is 17.5 Å². The topological polar surface area (TPSA) is 56.8 Å². The lowest BCUT2D eigenvalue weighted by Gasteiger charge is -2.17. The van der Waals surface area contributed by atoms with Gasteiger partial charge >= 0.3 is 0 Å². The van der Waals surface area contributed by atoms with E-state index in [1.165, 1.54) is 0 Å². The van der Waals surface area contributed by atoms with Gasteiger partial charge in [-0.25, -0.2) is 0 Å². The fraction of sp³-hybridized carbons (Fsp3) is 0.632. The van der Waals surface area contributed by atoms with Crippen LogP contribution in [0.15, 0.2) is 36.1 Å². The van der Waals surface area contributed by atoms with Crippen LogP contribution in [-0.2, 0) is 19.0 Å². The zero-order valence-electron chi connectivity index (χ0n) is 15.0. The van der Waals surface area contributed by atoms with Gasteiger partial charge in [-0.15, -0.1) is 0 Å². The van der Waals surface area contributed by atoms with Crippen LogP contribution in [0.3, 0.4) is 0 Å². The zero-order chi connectivity index (χ0) is 17.5. The molecule has 0 fully saturated rings. The van der Waals surface area contributed by atoms with Gasteiger partial charge in [0.1, 0.15) is 6.61 Å². The van der Waals surface area contributed by atoms with Gasteiger partial charge in [0.2, 0.25) is 5.91 Å². The van der Waals surface area contributed by atoms with Gasteiger partial charge in [-0.1, -0.05) is 24.3 Å². The molecule has 0 radical (unpaired) electrons. The summed E-state index contributed by atoms with van der Waals surface area (Å²) < 4.78 is 16.4. The summed E-state index contributed by atoms with van der Waals surface area (Å²) in [5.41, 5.74) is 0. The first-order valence-corrected chi connectivity index (χ1v) is 8.80. The molecule has 0 bridgehead atoms. The summed E-state index contributed by atoms with van der Waals surface area (Å²) >= 11 is 0. The monoisotopic (exact) mass is 337 g/mol. The van der Waals surface area contributed by atoms with Gasteiger partial charge < -0.3 is 19.5 Å². The number of nitrogens with one attached hydrogen (secondary N) is 1. The summed E-state index contributed by atoms with van der Waals surface area (Å²) in [6.45, 7) is 7.36. The summed E-state index contributed by atoms with van der Waals surface area (Å²) in [6.07, 6.45) is 12.4. The van der Waals surface area contributed by atoms with Gasteiger partial charge in [0.15, 0.2) is 0 Å². The van der Waals surface area contributed by atoms with Crippen LogP contribution < -0.4 is 5.32 Å². The van der Waals surface area contributed by atoms with Crippen LogP contribution in [0.5, 0.6) is 0 Å². The van der Waals surface area contributed by atoms with Crippen LogP contribution in [0.1, 0.15) is 33.1 Å². The molecule has 24 heavy (non-hydrogen) atoms. The molecular formula is C19H31NO4. The minimum Gasteiger partial charge on any atom is -0.496 e. The van der Waals surface area contributed by atoms with E-state index in [-0.39, 0.29) is 11.8 Å². The Hall–Kier alpha value is -1.59. The molecule has 5 nitrogen and oxygen atoms in total. The maximum absolute atomic E-state index is 12.3. The third-order valence-electron chi connectivity index (χ3n) is 3.57. The smallest absolute Gasteiger partial charge is 0.227 e. The first-order chi connectivity index (χ1) is 11.8. The summed E-state index contributed by atoms with van der Waals surface area (Å²) in [5, 5.41) is 2.93. The highest BCUT2D eigenvalue weighted by molar-refractivity contribution is 5.80. The lowest BCUT2D eigenvalue weighted by atomic mass is 9.98. The Kier molecular flexibility index (Phi) is 11.8. The third-order valence-corrected chi connectivity index (χ3v) is 3.57. The number of carbonyl (C=O) groups is 1. The van der Waals surface area contributed by atoms with Crippen molar-refractivity contribution < 1.29 is 19.0 Å². The van der Waals surface area contributed by atoms with Crippen molar-refractivity contribution in [1.82, 2.24) is 5.32 Å². The van der Waals surface area contributed by atoms with Gasteiger partial charge in [-0.3, -0.25) is 4.79 Å². The molecule has 1 rings (SSSR count). The number of ether oxygens (including phenoxy) is 3. The van der Waals surface area contributed by atoms with Crippen molar-refractivity contribution in [2.45, 2.75) is 33.1 Å². The molecule has 0 aromatic heterocycles. The largest absolute Gasteiger partial charge is 0.496 e. The molecule has 0 spiro atoms. The van der Waals surface area contributed by atoms with Gasteiger partial charge in [0.25, 0.3) is 0 Å². The van der Waals surface area contributed by atoms with Crippen LogP contribution in [0.2, 0.25) is 0 Å². The molecule has 0 saturated carbocycles. The fourth-order valence-electron chi connectivity index (χ4n) is 2.29. The van der Waals surface area contributed by atoms with Crippen molar-refractivity contribution >= 4 is 5.91 Å². The van der Waals surface area contributed by atoms with Crippen molar-refractivity contribution in [2.24, 2.45) is 5.92 Å². The molecule has 1 N–H and O–H groups in total. The summed E-state index contributed by atoms with van der Waals surface area (Å²) in [6, 6.07) is 0. The van der Waals surface area contributed by atoms with E-state index in [1.807, 2.05) is 32.1 Å². The molecule has 1 aliphatic rings. The van der Waals surface area contributed by atoms with Crippen molar-refractivity contribution in [1.29, 1.82) is 0 Å². The molecule has 136 valence electrons. The van der Waals surface area contributed by atoms with E-state index in [4.69, 9.17) is 14.2 Å². The van der Waals surface area contributed by atoms with E-state index >= 15 is 0 Å². The summed E-state index contributed by atoms with van der Waals surface area (Å²) in [7, 11) is 0. The summed E-state index contributed by atoms with van der Waals surface area (Å²) in [4.78, 5) is 12.3. The van der Waals surface area contributed by atoms with Gasteiger partial charge in [-0.2, -0.15) is 0 Å². The molecule has 1 unspecified atom stereocenters. The Morgan fingerprint density at radius 3 is 2.83 bits per heavy atom. The zero-order valence-corrected chi connectivity index (χ0v) is 15.0. The second-order valence-corrected chi connectivity index (χ2v) is 5.46. The number of hydrogen-bond acceptors (Lipinski definition) is 4. The highest BCUT2D eigenvalue weighted by Gasteiger charge is 2.17. The lowest BCUT2D eigenvalue weighted by molar-refractivity contribution is -0.123. The Morgan fingerprint density at radius 1 is 1.25 bits per heavy atom. The minimum absolute atomic E-state index is 0.0532. The maximum Gasteiger partial charge on any atom is 0.227 e. The van der Waals surface area contributed by atoms with Crippen LogP contribution >= 0.6 is 0 Å². The second kappa shape index (κ2) is 13.8. The van der Waals surface area contributed by atoms with Gasteiger partial charge in [0.05, 0.1) is 31.5 Å². The van der Waals surface area contributed by atoms with Crippen LogP contribution in [0.25, 0.3) is 0 Å². The average Bonchev–Trinajstić information content (AvgIpc) is 2.55. The average molecular weight is 337 g/mol. The number of hydrogen-bond donors (Lipinski definition) is 1. The first kappa shape index (κ1) is 20.5. The molecule has 0 saturated heterocycles. The van der Waals surface area contributed by atoms with Crippen molar-refractivity contribution in [3.63, 3.8) is 0 Å². The van der Waals surface area contributed by atoms with Gasteiger partial charge in [0, 0.05) is 19.6 Å². The molecule has 0 aromatic rings. The Bertz CT molecular complexity index is 429.